The van der Waals surface area contributed by atoms with Gasteiger partial charge in [-0.2, -0.15) is 0 Å². The van der Waals surface area contributed by atoms with Crippen molar-refractivity contribution in [3.63, 3.8) is 0 Å². The second-order valence-electron chi connectivity index (χ2n) is 7.00. The molecule has 4 N–H and O–H groups in total. The second kappa shape index (κ2) is 16.4. The highest BCUT2D eigenvalue weighted by Crippen LogP contribution is 2.31. The van der Waals surface area contributed by atoms with Crippen molar-refractivity contribution in [1.29, 1.82) is 0 Å². The average Bonchev–Trinajstić information content (AvgIpc) is 2.57. The third-order valence-electron chi connectivity index (χ3n) is 4.07. The summed E-state index contributed by atoms with van der Waals surface area (Å²) in [6.07, 6.45) is 13.6. The molecule has 0 aromatic rings. The summed E-state index contributed by atoms with van der Waals surface area (Å²) in [7, 11) is 0. The maximum absolute atomic E-state index is 12.1. The molecule has 0 saturated heterocycles. The van der Waals surface area contributed by atoms with Gasteiger partial charge in [-0.25, -0.2) is 0 Å². The largest absolute Gasteiger partial charge is 0.356 e. The van der Waals surface area contributed by atoms with Crippen LogP contribution in [-0.4, -0.2) is 33.0 Å². The van der Waals surface area contributed by atoms with Gasteiger partial charge in [-0.15, -0.1) is 11.8 Å². The normalized spacial score (nSPS) is 11.5. The lowest BCUT2D eigenvalue weighted by Gasteiger charge is -2.22. The molecule has 0 radical (unpaired) electrons. The number of hydrogen-bond donors (Lipinski definition) is 2. The van der Waals surface area contributed by atoms with Crippen molar-refractivity contribution in [3.05, 3.63) is 0 Å². The van der Waals surface area contributed by atoms with Crippen LogP contribution < -0.4 is 11.1 Å². The number of thioether (sulfide) groups is 2. The minimum Gasteiger partial charge on any atom is -0.356 e. The predicted octanol–water partition coefficient (Wildman–Crippen LogP) is 4.80. The molecule has 0 aliphatic rings. The highest BCUT2D eigenvalue weighted by molar-refractivity contribution is 8.47. The molecule has 0 rings (SSSR count). The molecule has 148 valence electrons. The lowest BCUT2D eigenvalue weighted by molar-refractivity contribution is -0.364. The third-order valence-corrected chi connectivity index (χ3v) is 6.86. The maximum Gasteiger partial charge on any atom is 0.236 e. The van der Waals surface area contributed by atoms with E-state index in [4.69, 9.17) is 12.2 Å². The van der Waals surface area contributed by atoms with Crippen molar-refractivity contribution in [2.24, 2.45) is 0 Å². The number of thiocarbonyl (C=S) groups is 1. The molecule has 3 nitrogen and oxygen atoms in total. The quantitative estimate of drug-likeness (QED) is 0.302. The van der Waals surface area contributed by atoms with E-state index in [0.717, 1.165) is 9.28 Å². The van der Waals surface area contributed by atoms with E-state index >= 15 is 0 Å². The lowest BCUT2D eigenvalue weighted by atomic mass is 10.1. The highest BCUT2D eigenvalue weighted by Gasteiger charge is 2.29. The Balaban J connectivity index is 3.59. The Labute approximate surface area is 169 Å². The Bertz CT molecular complexity index is 363. The van der Waals surface area contributed by atoms with Gasteiger partial charge in [-0.1, -0.05) is 88.7 Å². The molecule has 0 aromatic carbocycles. The molecule has 0 aliphatic heterocycles. The van der Waals surface area contributed by atoms with Gasteiger partial charge in [0, 0.05) is 0 Å². The summed E-state index contributed by atoms with van der Waals surface area (Å²) in [5, 5.41) is 2.90. The van der Waals surface area contributed by atoms with Gasteiger partial charge in [0.1, 0.15) is 3.53 Å². The first-order valence-electron chi connectivity index (χ1n) is 9.87. The topological polar surface area (TPSA) is 56.7 Å². The van der Waals surface area contributed by atoms with Crippen LogP contribution >= 0.6 is 35.7 Å². The highest BCUT2D eigenvalue weighted by atomic mass is 32.2. The zero-order valence-electron chi connectivity index (χ0n) is 16.5. The van der Waals surface area contributed by atoms with Crippen LogP contribution in [0.3, 0.4) is 0 Å². The Morgan fingerprint density at radius 3 is 2.04 bits per heavy atom. The number of unbranched alkanes of at least 4 members (excludes halogenated alkanes) is 9. The molecule has 0 aromatic heterocycles. The van der Waals surface area contributed by atoms with Gasteiger partial charge in [0.25, 0.3) is 0 Å². The average molecular weight is 408 g/mol. The van der Waals surface area contributed by atoms with E-state index in [1.165, 1.54) is 76.0 Å². The number of rotatable bonds is 15. The SMILES string of the molecule is CCCCCCCCCCCCSC(=S)SC(C)(C)C(=O)NCC[NH3+]. The first-order chi connectivity index (χ1) is 11.9. The van der Waals surface area contributed by atoms with Crippen LogP contribution in [0.25, 0.3) is 0 Å². The predicted molar refractivity (Wildman–Crippen MR) is 119 cm³/mol. The molecule has 0 fully saturated rings. The molecule has 25 heavy (non-hydrogen) atoms. The number of amides is 1. The molecule has 0 heterocycles. The minimum absolute atomic E-state index is 0.0445. The fraction of sp³-hybridized carbons (Fsp3) is 0.895. The van der Waals surface area contributed by atoms with Gasteiger partial charge >= 0.3 is 0 Å². The van der Waals surface area contributed by atoms with Gasteiger partial charge in [0.15, 0.2) is 0 Å². The zero-order chi connectivity index (χ0) is 19.0. The van der Waals surface area contributed by atoms with Crippen molar-refractivity contribution in [1.82, 2.24) is 5.32 Å². The summed E-state index contributed by atoms with van der Waals surface area (Å²) < 4.78 is 0.377. The van der Waals surface area contributed by atoms with Crippen molar-refractivity contribution in [2.45, 2.75) is 89.7 Å². The molecule has 6 heteroatoms. The zero-order valence-corrected chi connectivity index (χ0v) is 19.0. The van der Waals surface area contributed by atoms with Crippen molar-refractivity contribution >= 4 is 45.2 Å². The molecular formula is C19H39N2OS3+. The lowest BCUT2D eigenvalue weighted by Crippen LogP contribution is -2.56. The number of hydrogen-bond acceptors (Lipinski definition) is 4. The van der Waals surface area contributed by atoms with Crippen LogP contribution in [0.4, 0.5) is 0 Å². The third kappa shape index (κ3) is 15.0. The smallest absolute Gasteiger partial charge is 0.236 e. The standard InChI is InChI=1S/C19H38N2OS3/c1-4-5-6-7-8-9-10-11-12-13-16-24-18(23)25-19(2,3)17(22)21-15-14-20/h4-16,20H2,1-3H3,(H,21,22)/p+1. The number of carbonyl (C=O) groups is 1. The molecule has 0 unspecified atom stereocenters. The summed E-state index contributed by atoms with van der Waals surface area (Å²) in [6, 6.07) is 0. The van der Waals surface area contributed by atoms with Gasteiger partial charge < -0.3 is 11.1 Å². The molecule has 0 bridgehead atoms. The second-order valence-corrected chi connectivity index (χ2v) is 10.9. The Kier molecular flexibility index (Phi) is 16.5. The fourth-order valence-electron chi connectivity index (χ4n) is 2.44. The van der Waals surface area contributed by atoms with Crippen LogP contribution in [-0.2, 0) is 4.79 Å². The summed E-state index contributed by atoms with van der Waals surface area (Å²) in [5.41, 5.74) is 3.74. The Morgan fingerprint density at radius 1 is 1.00 bits per heavy atom. The number of nitrogens with one attached hydrogen (secondary N) is 1. The van der Waals surface area contributed by atoms with Crippen molar-refractivity contribution < 1.29 is 10.5 Å². The van der Waals surface area contributed by atoms with E-state index in [1.54, 1.807) is 11.8 Å². The van der Waals surface area contributed by atoms with Crippen molar-refractivity contribution in [3.8, 4) is 0 Å². The first kappa shape index (κ1) is 25.2. The molecule has 1 amide bonds. The van der Waals surface area contributed by atoms with E-state index in [-0.39, 0.29) is 5.91 Å². The van der Waals surface area contributed by atoms with Crippen LogP contribution in [0.5, 0.6) is 0 Å². The summed E-state index contributed by atoms with van der Waals surface area (Å²) in [4.78, 5) is 12.1. The van der Waals surface area contributed by atoms with Crippen LogP contribution in [0.15, 0.2) is 0 Å². The Morgan fingerprint density at radius 2 is 1.52 bits per heavy atom. The summed E-state index contributed by atoms with van der Waals surface area (Å²) >= 11 is 8.67. The minimum atomic E-state index is -0.503. The first-order valence-corrected chi connectivity index (χ1v) is 12.1. The number of carbonyl (C=O) groups excluding carboxylic acids is 1. The summed E-state index contributed by atoms with van der Waals surface area (Å²) in [6.45, 7) is 7.47. The van der Waals surface area contributed by atoms with E-state index < -0.39 is 4.75 Å². The number of quaternary nitrogens is 1. The molecular weight excluding hydrogens is 368 g/mol. The van der Waals surface area contributed by atoms with E-state index in [9.17, 15) is 4.79 Å². The maximum atomic E-state index is 12.1. The van der Waals surface area contributed by atoms with E-state index in [1.807, 2.05) is 13.8 Å². The molecule has 0 saturated carbocycles. The van der Waals surface area contributed by atoms with Crippen LogP contribution in [0, 0.1) is 0 Å². The monoisotopic (exact) mass is 407 g/mol. The Hall–Kier alpha value is 0.220. The van der Waals surface area contributed by atoms with Crippen molar-refractivity contribution in [2.75, 3.05) is 18.8 Å². The fourth-order valence-corrected chi connectivity index (χ4v) is 5.53. The van der Waals surface area contributed by atoms with Crippen LogP contribution in [0.1, 0.15) is 85.0 Å². The van der Waals surface area contributed by atoms with Gasteiger partial charge in [-0.3, -0.25) is 4.79 Å². The molecule has 0 atom stereocenters. The van der Waals surface area contributed by atoms with Crippen LogP contribution in [0.2, 0.25) is 0 Å². The van der Waals surface area contributed by atoms with E-state index in [0.29, 0.717) is 13.1 Å². The summed E-state index contributed by atoms with van der Waals surface area (Å²) in [5.74, 6) is 1.11. The van der Waals surface area contributed by atoms with Gasteiger partial charge in [-0.05, 0) is 26.0 Å². The molecule has 0 spiro atoms. The van der Waals surface area contributed by atoms with E-state index in [2.05, 4.69) is 18.0 Å². The van der Waals surface area contributed by atoms with Gasteiger partial charge in [0.2, 0.25) is 5.91 Å². The van der Waals surface area contributed by atoms with Gasteiger partial charge in [0.05, 0.1) is 17.8 Å². The molecule has 0 aliphatic carbocycles.